The Morgan fingerprint density at radius 2 is 2.43 bits per heavy atom. The first-order valence-corrected chi connectivity index (χ1v) is 3.61. The van der Waals surface area contributed by atoms with Crippen LogP contribution in [0.3, 0.4) is 0 Å². The average molecular weight is 190 g/mol. The second kappa shape index (κ2) is 4.00. The van der Waals surface area contributed by atoms with E-state index in [2.05, 4.69) is 4.98 Å². The number of hydrogen-bond donors (Lipinski definition) is 1. The van der Waals surface area contributed by atoms with Gasteiger partial charge in [-0.15, -0.1) is 0 Å². The summed E-state index contributed by atoms with van der Waals surface area (Å²) in [5.74, 6) is -0.135. The van der Waals surface area contributed by atoms with E-state index < -0.39 is 4.92 Å². The fraction of sp³-hybridized carbons (Fsp3) is 0. The maximum absolute atomic E-state index is 10.4. The minimum atomic E-state index is -0.619. The molecule has 14 heavy (non-hydrogen) atoms. The summed E-state index contributed by atoms with van der Waals surface area (Å²) in [6.45, 7) is 0. The highest BCUT2D eigenvalue weighted by atomic mass is 16.6. The number of rotatable bonds is 2. The van der Waals surface area contributed by atoms with Crippen molar-refractivity contribution in [2.24, 2.45) is 0 Å². The Labute approximate surface area is 79.4 Å². The molecule has 0 amide bonds. The molecule has 0 aliphatic heterocycles. The van der Waals surface area contributed by atoms with Crippen molar-refractivity contribution in [3.05, 3.63) is 34.0 Å². The molecule has 0 spiro atoms. The number of allylic oxidation sites excluding steroid dienone is 1. The van der Waals surface area contributed by atoms with Gasteiger partial charge in [0.25, 0.3) is 0 Å². The topological polar surface area (TPSA) is 106 Å². The van der Waals surface area contributed by atoms with E-state index in [4.69, 9.17) is 11.0 Å². The van der Waals surface area contributed by atoms with Gasteiger partial charge in [0.05, 0.1) is 11.0 Å². The van der Waals surface area contributed by atoms with Crippen LogP contribution in [0.15, 0.2) is 18.3 Å². The summed E-state index contributed by atoms with van der Waals surface area (Å²) in [6.07, 6.45) is 3.98. The van der Waals surface area contributed by atoms with Crippen molar-refractivity contribution in [1.29, 1.82) is 5.26 Å². The van der Waals surface area contributed by atoms with E-state index >= 15 is 0 Å². The first-order valence-electron chi connectivity index (χ1n) is 3.61. The molecule has 0 aliphatic carbocycles. The van der Waals surface area contributed by atoms with Crippen molar-refractivity contribution in [3.8, 4) is 6.07 Å². The molecular weight excluding hydrogens is 184 g/mol. The summed E-state index contributed by atoms with van der Waals surface area (Å²) in [6, 6.07) is 3.03. The normalized spacial score (nSPS) is 9.93. The third-order valence-electron chi connectivity index (χ3n) is 1.47. The van der Waals surface area contributed by atoms with Crippen molar-refractivity contribution in [2.75, 3.05) is 5.73 Å². The van der Waals surface area contributed by atoms with E-state index in [1.54, 1.807) is 6.07 Å². The van der Waals surface area contributed by atoms with Gasteiger partial charge < -0.3 is 5.73 Å². The quantitative estimate of drug-likeness (QED) is 0.427. The molecular formula is C8H6N4O2. The van der Waals surface area contributed by atoms with Gasteiger partial charge in [0.2, 0.25) is 5.82 Å². The molecule has 2 N–H and O–H groups in total. The first kappa shape index (κ1) is 9.67. The zero-order valence-corrected chi connectivity index (χ0v) is 7.04. The Balaban J connectivity index is 3.14. The Kier molecular flexibility index (Phi) is 2.76. The van der Waals surface area contributed by atoms with Crippen molar-refractivity contribution in [2.45, 2.75) is 0 Å². The van der Waals surface area contributed by atoms with Crippen LogP contribution in [0, 0.1) is 21.4 Å². The van der Waals surface area contributed by atoms with Crippen molar-refractivity contribution in [3.63, 3.8) is 0 Å². The molecule has 0 unspecified atom stereocenters. The van der Waals surface area contributed by atoms with Gasteiger partial charge in [-0.25, -0.2) is 4.98 Å². The number of nitrogens with two attached hydrogens (primary N) is 1. The summed E-state index contributed by atoms with van der Waals surface area (Å²) in [4.78, 5) is 13.5. The molecule has 6 heteroatoms. The van der Waals surface area contributed by atoms with Crippen LogP contribution in [0.25, 0.3) is 6.08 Å². The van der Waals surface area contributed by atoms with E-state index in [-0.39, 0.29) is 11.5 Å². The van der Waals surface area contributed by atoms with Crippen LogP contribution in [-0.2, 0) is 0 Å². The first-order chi connectivity index (χ1) is 6.65. The molecule has 0 radical (unpaired) electrons. The molecule has 0 saturated heterocycles. The summed E-state index contributed by atoms with van der Waals surface area (Å²) in [7, 11) is 0. The fourth-order valence-electron chi connectivity index (χ4n) is 0.850. The molecule has 1 aromatic rings. The standard InChI is InChI=1S/C8H6N4O2/c9-3-1-2-6-4-7(12(13)14)8(10)11-5-6/h1-2,4-5H,(H2,10,11). The SMILES string of the molecule is N#CC=Cc1cnc(N)c([N+](=O)[O-])c1. The lowest BCUT2D eigenvalue weighted by Gasteiger charge is -1.96. The maximum atomic E-state index is 10.4. The fourth-order valence-corrected chi connectivity index (χ4v) is 0.850. The minimum Gasteiger partial charge on any atom is -0.378 e. The summed E-state index contributed by atoms with van der Waals surface area (Å²) in [5, 5.41) is 18.7. The number of hydrogen-bond acceptors (Lipinski definition) is 5. The molecule has 0 aliphatic rings. The predicted molar refractivity (Wildman–Crippen MR) is 50.0 cm³/mol. The van der Waals surface area contributed by atoms with Gasteiger partial charge in [-0.2, -0.15) is 5.26 Å². The van der Waals surface area contributed by atoms with Crippen LogP contribution < -0.4 is 5.73 Å². The van der Waals surface area contributed by atoms with E-state index in [1.165, 1.54) is 24.4 Å². The molecule has 1 aromatic heterocycles. The largest absolute Gasteiger partial charge is 0.378 e. The van der Waals surface area contributed by atoms with Crippen LogP contribution in [0.5, 0.6) is 0 Å². The van der Waals surface area contributed by atoms with Gasteiger partial charge >= 0.3 is 5.69 Å². The van der Waals surface area contributed by atoms with Crippen LogP contribution in [-0.4, -0.2) is 9.91 Å². The monoisotopic (exact) mass is 190 g/mol. The summed E-state index contributed by atoms with van der Waals surface area (Å²) < 4.78 is 0. The van der Waals surface area contributed by atoms with Gasteiger partial charge in [0, 0.05) is 23.9 Å². The number of nitrogen functional groups attached to an aromatic ring is 1. The lowest BCUT2D eigenvalue weighted by molar-refractivity contribution is -0.384. The van der Waals surface area contributed by atoms with Gasteiger partial charge in [0.15, 0.2) is 0 Å². The highest BCUT2D eigenvalue weighted by Gasteiger charge is 2.11. The Morgan fingerprint density at radius 3 is 3.00 bits per heavy atom. The molecule has 0 saturated carbocycles. The van der Waals surface area contributed by atoms with Crippen LogP contribution in [0.4, 0.5) is 11.5 Å². The third kappa shape index (κ3) is 2.04. The molecule has 0 bridgehead atoms. The highest BCUT2D eigenvalue weighted by molar-refractivity contribution is 5.60. The summed E-state index contributed by atoms with van der Waals surface area (Å²) >= 11 is 0. The van der Waals surface area contributed by atoms with Gasteiger partial charge in [-0.05, 0) is 6.08 Å². The molecule has 0 atom stereocenters. The van der Waals surface area contributed by atoms with Crippen LogP contribution in [0.2, 0.25) is 0 Å². The van der Waals surface area contributed by atoms with Gasteiger partial charge in [-0.3, -0.25) is 10.1 Å². The van der Waals surface area contributed by atoms with E-state index in [1.807, 2.05) is 0 Å². The molecule has 6 nitrogen and oxygen atoms in total. The second-order valence-electron chi connectivity index (χ2n) is 2.39. The third-order valence-corrected chi connectivity index (χ3v) is 1.47. The lowest BCUT2D eigenvalue weighted by atomic mass is 10.2. The number of pyridine rings is 1. The Hall–Kier alpha value is -2.42. The Bertz CT molecular complexity index is 433. The smallest absolute Gasteiger partial charge is 0.311 e. The molecule has 1 rings (SSSR count). The zero-order valence-electron chi connectivity index (χ0n) is 7.04. The molecule has 0 fully saturated rings. The van der Waals surface area contributed by atoms with Crippen molar-refractivity contribution >= 4 is 17.6 Å². The zero-order chi connectivity index (χ0) is 10.6. The predicted octanol–water partition coefficient (Wildman–Crippen LogP) is 1.11. The van der Waals surface area contributed by atoms with E-state index in [9.17, 15) is 10.1 Å². The number of nitrogens with zero attached hydrogens (tertiary/aromatic N) is 3. The van der Waals surface area contributed by atoms with E-state index in [0.717, 1.165) is 0 Å². The number of aromatic nitrogens is 1. The average Bonchev–Trinajstić information content (AvgIpc) is 2.16. The maximum Gasteiger partial charge on any atom is 0.311 e. The molecule has 70 valence electrons. The number of anilines is 1. The lowest BCUT2D eigenvalue weighted by Crippen LogP contribution is -1.98. The number of nitro groups is 1. The van der Waals surface area contributed by atoms with Crippen LogP contribution in [0.1, 0.15) is 5.56 Å². The highest BCUT2D eigenvalue weighted by Crippen LogP contribution is 2.19. The van der Waals surface area contributed by atoms with Gasteiger partial charge in [0.1, 0.15) is 0 Å². The summed E-state index contributed by atoms with van der Waals surface area (Å²) in [5.41, 5.74) is 5.48. The molecule has 1 heterocycles. The minimum absolute atomic E-state index is 0.135. The Morgan fingerprint density at radius 1 is 1.71 bits per heavy atom. The number of nitriles is 1. The van der Waals surface area contributed by atoms with Crippen molar-refractivity contribution in [1.82, 2.24) is 4.98 Å². The molecule has 0 aromatic carbocycles. The van der Waals surface area contributed by atoms with E-state index in [0.29, 0.717) is 5.56 Å². The van der Waals surface area contributed by atoms with Crippen LogP contribution >= 0.6 is 0 Å². The van der Waals surface area contributed by atoms with Gasteiger partial charge in [-0.1, -0.05) is 0 Å². The second-order valence-corrected chi connectivity index (χ2v) is 2.39. The van der Waals surface area contributed by atoms with Crippen molar-refractivity contribution < 1.29 is 4.92 Å².